The monoisotopic (exact) mass is 383 g/mol. The molecule has 1 aromatic heterocycles. The van der Waals surface area contributed by atoms with Crippen LogP contribution in [0, 0.1) is 5.92 Å². The minimum Gasteiger partial charge on any atom is -0.464 e. The average Bonchev–Trinajstić information content (AvgIpc) is 3.29. The summed E-state index contributed by atoms with van der Waals surface area (Å²) in [5, 5.41) is 6.18. The van der Waals surface area contributed by atoms with Gasteiger partial charge in [0.2, 0.25) is 5.91 Å². The van der Waals surface area contributed by atoms with Gasteiger partial charge >= 0.3 is 0 Å². The van der Waals surface area contributed by atoms with Crippen LogP contribution in [-0.2, 0) is 14.3 Å². The minimum absolute atomic E-state index is 0.000670. The Balaban J connectivity index is 1.31. The Morgan fingerprint density at radius 3 is 2.71 bits per heavy atom. The number of morpholine rings is 1. The summed E-state index contributed by atoms with van der Waals surface area (Å²) in [5.41, 5.74) is 1.67. The summed E-state index contributed by atoms with van der Waals surface area (Å²) in [7, 11) is 0. The Hall–Kier alpha value is -2.64. The van der Waals surface area contributed by atoms with Crippen molar-refractivity contribution in [2.75, 3.05) is 38.1 Å². The molecule has 7 heteroatoms. The van der Waals surface area contributed by atoms with Gasteiger partial charge in [-0.15, -0.1) is 0 Å². The highest BCUT2D eigenvalue weighted by molar-refractivity contribution is 5.93. The summed E-state index contributed by atoms with van der Waals surface area (Å²) >= 11 is 0. The summed E-state index contributed by atoms with van der Waals surface area (Å²) < 4.78 is 11.0. The zero-order valence-corrected chi connectivity index (χ0v) is 15.7. The number of hydrogen-bond acceptors (Lipinski definition) is 5. The standard InChI is InChI=1S/C21H25N3O4/c25-20(23-17-4-1-3-16(13-17)18-5-2-11-27-18)15-6-9-24(10-7-15)21(26)19-14-22-8-12-28-19/h1-5,11,13,15,19,22H,6-10,12,14H2,(H,23,25). The molecular formula is C21H25N3O4. The quantitative estimate of drug-likeness (QED) is 0.845. The summed E-state index contributed by atoms with van der Waals surface area (Å²) in [4.78, 5) is 27.0. The number of rotatable bonds is 4. The first-order chi connectivity index (χ1) is 13.7. The molecule has 2 aromatic rings. The summed E-state index contributed by atoms with van der Waals surface area (Å²) in [6.45, 7) is 3.08. The predicted octanol–water partition coefficient (Wildman–Crippen LogP) is 2.11. The van der Waals surface area contributed by atoms with E-state index in [0.29, 0.717) is 39.1 Å². The topological polar surface area (TPSA) is 83.8 Å². The van der Waals surface area contributed by atoms with Crippen molar-refractivity contribution in [2.24, 2.45) is 5.92 Å². The fourth-order valence-electron chi connectivity index (χ4n) is 3.73. The first kappa shape index (κ1) is 18.7. The summed E-state index contributed by atoms with van der Waals surface area (Å²) in [6, 6.07) is 11.3. The third-order valence-corrected chi connectivity index (χ3v) is 5.32. The van der Waals surface area contributed by atoms with Crippen LogP contribution in [0.3, 0.4) is 0 Å². The molecule has 2 aliphatic heterocycles. The van der Waals surface area contributed by atoms with Crippen LogP contribution in [0.1, 0.15) is 12.8 Å². The van der Waals surface area contributed by atoms with E-state index in [2.05, 4.69) is 10.6 Å². The van der Waals surface area contributed by atoms with Crippen LogP contribution in [0.25, 0.3) is 11.3 Å². The molecule has 2 N–H and O–H groups in total. The lowest BCUT2D eigenvalue weighted by Gasteiger charge is -2.34. The second-order valence-electron chi connectivity index (χ2n) is 7.21. The molecule has 2 amide bonds. The van der Waals surface area contributed by atoms with E-state index in [1.165, 1.54) is 0 Å². The molecule has 148 valence electrons. The summed E-state index contributed by atoms with van der Waals surface area (Å²) in [5.74, 6) is 0.695. The second kappa shape index (κ2) is 8.58. The number of anilines is 1. The van der Waals surface area contributed by atoms with Gasteiger partial charge in [-0.3, -0.25) is 9.59 Å². The van der Waals surface area contributed by atoms with Crippen molar-refractivity contribution in [3.63, 3.8) is 0 Å². The van der Waals surface area contributed by atoms with E-state index in [1.807, 2.05) is 41.3 Å². The van der Waals surface area contributed by atoms with E-state index in [0.717, 1.165) is 23.6 Å². The molecule has 7 nitrogen and oxygen atoms in total. The zero-order valence-electron chi connectivity index (χ0n) is 15.7. The van der Waals surface area contributed by atoms with E-state index < -0.39 is 6.10 Å². The molecule has 0 bridgehead atoms. The lowest BCUT2D eigenvalue weighted by atomic mass is 9.95. The number of likely N-dealkylation sites (tertiary alicyclic amines) is 1. The molecular weight excluding hydrogens is 358 g/mol. The fourth-order valence-corrected chi connectivity index (χ4v) is 3.73. The number of benzene rings is 1. The maximum absolute atomic E-state index is 12.7. The maximum atomic E-state index is 12.7. The first-order valence-electron chi connectivity index (χ1n) is 9.76. The number of carbonyl (C=O) groups excluding carboxylic acids is 2. The molecule has 0 radical (unpaired) electrons. The lowest BCUT2D eigenvalue weighted by molar-refractivity contribution is -0.147. The predicted molar refractivity (Wildman–Crippen MR) is 105 cm³/mol. The Labute approximate surface area is 164 Å². The van der Waals surface area contributed by atoms with Crippen LogP contribution in [0.2, 0.25) is 0 Å². The van der Waals surface area contributed by atoms with Crippen LogP contribution >= 0.6 is 0 Å². The highest BCUT2D eigenvalue weighted by atomic mass is 16.5. The highest BCUT2D eigenvalue weighted by Gasteiger charge is 2.32. The number of amides is 2. The van der Waals surface area contributed by atoms with E-state index in [-0.39, 0.29) is 17.7 Å². The molecule has 2 aliphatic rings. The van der Waals surface area contributed by atoms with Gasteiger partial charge in [0.1, 0.15) is 11.9 Å². The molecule has 4 rings (SSSR count). The molecule has 0 saturated carbocycles. The number of nitrogens with one attached hydrogen (secondary N) is 2. The van der Waals surface area contributed by atoms with Gasteiger partial charge < -0.3 is 24.7 Å². The highest BCUT2D eigenvalue weighted by Crippen LogP contribution is 2.25. The van der Waals surface area contributed by atoms with Crippen molar-refractivity contribution < 1.29 is 18.7 Å². The Kier molecular flexibility index (Phi) is 5.73. The van der Waals surface area contributed by atoms with Crippen molar-refractivity contribution in [1.82, 2.24) is 10.2 Å². The van der Waals surface area contributed by atoms with Crippen molar-refractivity contribution in [2.45, 2.75) is 18.9 Å². The van der Waals surface area contributed by atoms with E-state index >= 15 is 0 Å². The van der Waals surface area contributed by atoms with Gasteiger partial charge in [-0.1, -0.05) is 12.1 Å². The van der Waals surface area contributed by atoms with E-state index in [9.17, 15) is 9.59 Å². The second-order valence-corrected chi connectivity index (χ2v) is 7.21. The molecule has 0 spiro atoms. The fraction of sp³-hybridized carbons (Fsp3) is 0.429. The average molecular weight is 383 g/mol. The van der Waals surface area contributed by atoms with Crippen LogP contribution in [0.4, 0.5) is 5.69 Å². The molecule has 0 aliphatic carbocycles. The third kappa shape index (κ3) is 4.26. The third-order valence-electron chi connectivity index (χ3n) is 5.32. The smallest absolute Gasteiger partial charge is 0.253 e. The van der Waals surface area contributed by atoms with Crippen LogP contribution in [0.5, 0.6) is 0 Å². The molecule has 1 atom stereocenters. The lowest BCUT2D eigenvalue weighted by Crippen LogP contribution is -2.51. The number of ether oxygens (including phenoxy) is 1. The molecule has 2 fully saturated rings. The number of hydrogen-bond donors (Lipinski definition) is 2. The number of nitrogens with zero attached hydrogens (tertiary/aromatic N) is 1. The molecule has 2 saturated heterocycles. The Morgan fingerprint density at radius 1 is 1.14 bits per heavy atom. The molecule has 1 unspecified atom stereocenters. The number of piperidine rings is 1. The summed E-state index contributed by atoms with van der Waals surface area (Å²) in [6.07, 6.45) is 2.55. The van der Waals surface area contributed by atoms with Crippen molar-refractivity contribution >= 4 is 17.5 Å². The SMILES string of the molecule is O=C(Nc1cccc(-c2ccco2)c1)C1CCN(C(=O)C2CNCCO2)CC1. The Bertz CT molecular complexity index is 807. The van der Waals surface area contributed by atoms with Gasteiger partial charge in [0.15, 0.2) is 0 Å². The van der Waals surface area contributed by atoms with E-state index in [1.54, 1.807) is 6.26 Å². The minimum atomic E-state index is -0.400. The normalized spacial score (nSPS) is 20.7. The van der Waals surface area contributed by atoms with Gasteiger partial charge in [-0.05, 0) is 37.1 Å². The van der Waals surface area contributed by atoms with Crippen LogP contribution in [-0.4, -0.2) is 55.6 Å². The first-order valence-corrected chi connectivity index (χ1v) is 9.76. The van der Waals surface area contributed by atoms with Gasteiger partial charge in [0, 0.05) is 43.3 Å². The van der Waals surface area contributed by atoms with E-state index in [4.69, 9.17) is 9.15 Å². The number of furan rings is 1. The Morgan fingerprint density at radius 2 is 2.00 bits per heavy atom. The van der Waals surface area contributed by atoms with Gasteiger partial charge in [0.25, 0.3) is 5.91 Å². The van der Waals surface area contributed by atoms with Crippen molar-refractivity contribution in [1.29, 1.82) is 0 Å². The van der Waals surface area contributed by atoms with Gasteiger partial charge in [-0.2, -0.15) is 0 Å². The van der Waals surface area contributed by atoms with Crippen molar-refractivity contribution in [3.05, 3.63) is 42.7 Å². The zero-order chi connectivity index (χ0) is 19.3. The van der Waals surface area contributed by atoms with Gasteiger partial charge in [-0.25, -0.2) is 0 Å². The molecule has 1 aromatic carbocycles. The van der Waals surface area contributed by atoms with Crippen molar-refractivity contribution in [3.8, 4) is 11.3 Å². The van der Waals surface area contributed by atoms with Gasteiger partial charge in [0.05, 0.1) is 12.9 Å². The molecule has 28 heavy (non-hydrogen) atoms. The largest absolute Gasteiger partial charge is 0.464 e. The maximum Gasteiger partial charge on any atom is 0.253 e. The molecule has 3 heterocycles. The van der Waals surface area contributed by atoms with Crippen LogP contribution in [0.15, 0.2) is 47.1 Å². The number of carbonyl (C=O) groups is 2. The van der Waals surface area contributed by atoms with Crippen LogP contribution < -0.4 is 10.6 Å².